The van der Waals surface area contributed by atoms with Gasteiger partial charge in [-0.1, -0.05) is 33.4 Å². The van der Waals surface area contributed by atoms with E-state index in [0.29, 0.717) is 0 Å². The maximum atomic E-state index is 12.1. The molecule has 0 N–H and O–H groups in total. The molecule has 0 amide bonds. The summed E-state index contributed by atoms with van der Waals surface area (Å²) in [5, 5.41) is 0. The van der Waals surface area contributed by atoms with Gasteiger partial charge in [-0.25, -0.2) is 4.79 Å². The van der Waals surface area contributed by atoms with Crippen molar-refractivity contribution in [3.8, 4) is 0 Å². The van der Waals surface area contributed by atoms with Gasteiger partial charge in [-0.15, -0.1) is 0 Å². The number of esters is 1. The molecule has 1 aliphatic carbocycles. The summed E-state index contributed by atoms with van der Waals surface area (Å²) in [6.45, 7) is 9.47. The topological polar surface area (TPSA) is 52.6 Å². The number of ether oxygens (including phenoxy) is 2. The van der Waals surface area contributed by atoms with E-state index in [9.17, 15) is 9.59 Å². The van der Waals surface area contributed by atoms with Gasteiger partial charge in [0.1, 0.15) is 0 Å². The number of hydrogen-bond donors (Lipinski definition) is 0. The third-order valence-corrected chi connectivity index (χ3v) is 3.33. The SMILES string of the molecule is C=CC1(C2C=CC(=O)C2)OC(C(C)(C)C)OC1=O. The number of cyclic esters (lactones) is 1. The lowest BCUT2D eigenvalue weighted by Crippen LogP contribution is -2.42. The third kappa shape index (κ3) is 1.90. The van der Waals surface area contributed by atoms with Crippen LogP contribution in [0.4, 0.5) is 0 Å². The van der Waals surface area contributed by atoms with E-state index in [-0.39, 0.29) is 23.5 Å². The standard InChI is InChI=1S/C14H18O4/c1-5-14(9-6-7-10(15)8-9)11(16)17-12(18-14)13(2,3)4/h5-7,9,12H,1,8H2,2-4H3. The van der Waals surface area contributed by atoms with Crippen molar-refractivity contribution in [2.24, 2.45) is 11.3 Å². The number of hydrogen-bond acceptors (Lipinski definition) is 4. The number of carbonyl (C=O) groups excluding carboxylic acids is 2. The van der Waals surface area contributed by atoms with Crippen molar-refractivity contribution < 1.29 is 19.1 Å². The van der Waals surface area contributed by atoms with E-state index in [1.165, 1.54) is 12.2 Å². The highest BCUT2D eigenvalue weighted by molar-refractivity contribution is 5.95. The molecule has 3 atom stereocenters. The van der Waals surface area contributed by atoms with Gasteiger partial charge >= 0.3 is 5.97 Å². The Morgan fingerprint density at radius 1 is 1.44 bits per heavy atom. The Balaban J connectivity index is 2.29. The van der Waals surface area contributed by atoms with Gasteiger partial charge in [-0.3, -0.25) is 4.79 Å². The van der Waals surface area contributed by atoms with Gasteiger partial charge in [0.05, 0.1) is 0 Å². The summed E-state index contributed by atoms with van der Waals surface area (Å²) >= 11 is 0. The van der Waals surface area contributed by atoms with Gasteiger partial charge in [0.2, 0.25) is 6.29 Å². The second kappa shape index (κ2) is 4.05. The maximum absolute atomic E-state index is 12.1. The number of allylic oxidation sites excluding steroid dienone is 1. The first-order chi connectivity index (χ1) is 8.29. The predicted octanol–water partition coefficient (Wildman–Crippen LogP) is 2.00. The van der Waals surface area contributed by atoms with Crippen molar-refractivity contribution in [1.29, 1.82) is 0 Å². The number of carbonyl (C=O) groups is 2. The summed E-state index contributed by atoms with van der Waals surface area (Å²) in [7, 11) is 0. The van der Waals surface area contributed by atoms with E-state index in [1.807, 2.05) is 20.8 Å². The quantitative estimate of drug-likeness (QED) is 0.555. The van der Waals surface area contributed by atoms with Crippen molar-refractivity contribution >= 4 is 11.8 Å². The molecule has 0 radical (unpaired) electrons. The normalized spacial score (nSPS) is 35.9. The van der Waals surface area contributed by atoms with Crippen LogP contribution in [0.3, 0.4) is 0 Å². The van der Waals surface area contributed by atoms with Gasteiger partial charge in [0, 0.05) is 17.8 Å². The molecule has 18 heavy (non-hydrogen) atoms. The minimum atomic E-state index is -1.22. The van der Waals surface area contributed by atoms with E-state index in [1.54, 1.807) is 6.08 Å². The van der Waals surface area contributed by atoms with Crippen LogP contribution in [0.15, 0.2) is 24.8 Å². The van der Waals surface area contributed by atoms with E-state index in [0.717, 1.165) is 0 Å². The fraction of sp³-hybridized carbons (Fsp3) is 0.571. The Morgan fingerprint density at radius 2 is 2.11 bits per heavy atom. The molecule has 1 fully saturated rings. The Labute approximate surface area is 107 Å². The first kappa shape index (κ1) is 13.0. The Hall–Kier alpha value is -1.42. The van der Waals surface area contributed by atoms with Crippen LogP contribution in [-0.2, 0) is 19.1 Å². The van der Waals surface area contributed by atoms with E-state index in [2.05, 4.69) is 6.58 Å². The van der Waals surface area contributed by atoms with Gasteiger partial charge in [0.15, 0.2) is 11.4 Å². The smallest absolute Gasteiger partial charge is 0.345 e. The molecule has 2 aliphatic rings. The molecule has 98 valence electrons. The lowest BCUT2D eigenvalue weighted by Gasteiger charge is -2.29. The summed E-state index contributed by atoms with van der Waals surface area (Å²) in [4.78, 5) is 23.4. The Kier molecular flexibility index (Phi) is 2.93. The highest BCUT2D eigenvalue weighted by Gasteiger charge is 2.56. The van der Waals surface area contributed by atoms with Crippen LogP contribution in [0, 0.1) is 11.3 Å². The van der Waals surface area contributed by atoms with Crippen LogP contribution in [-0.4, -0.2) is 23.6 Å². The Morgan fingerprint density at radius 3 is 2.50 bits per heavy atom. The summed E-state index contributed by atoms with van der Waals surface area (Å²) in [6, 6.07) is 0. The third-order valence-electron chi connectivity index (χ3n) is 3.33. The van der Waals surface area contributed by atoms with E-state index >= 15 is 0 Å². The summed E-state index contributed by atoms with van der Waals surface area (Å²) in [5.74, 6) is -0.777. The molecule has 0 saturated carbocycles. The average molecular weight is 250 g/mol. The largest absolute Gasteiger partial charge is 0.433 e. The zero-order valence-corrected chi connectivity index (χ0v) is 10.9. The molecule has 0 aromatic rings. The minimum absolute atomic E-state index is 0.00293. The van der Waals surface area contributed by atoms with Gasteiger partial charge < -0.3 is 9.47 Å². The van der Waals surface area contributed by atoms with Crippen LogP contribution in [0.1, 0.15) is 27.2 Å². The molecule has 0 spiro atoms. The molecule has 0 aromatic carbocycles. The highest BCUT2D eigenvalue weighted by Crippen LogP contribution is 2.42. The fourth-order valence-corrected chi connectivity index (χ4v) is 2.18. The van der Waals surface area contributed by atoms with Crippen LogP contribution in [0.5, 0.6) is 0 Å². The van der Waals surface area contributed by atoms with Crippen LogP contribution in [0.2, 0.25) is 0 Å². The summed E-state index contributed by atoms with van der Waals surface area (Å²) in [5.41, 5.74) is -1.53. The zero-order chi connectivity index (χ0) is 13.6. The van der Waals surface area contributed by atoms with Crippen LogP contribution in [0.25, 0.3) is 0 Å². The maximum Gasteiger partial charge on any atom is 0.345 e. The molecule has 0 bridgehead atoms. The lowest BCUT2D eigenvalue weighted by molar-refractivity contribution is -0.155. The predicted molar refractivity (Wildman–Crippen MR) is 65.6 cm³/mol. The number of ketones is 1. The Bertz CT molecular complexity index is 430. The fourth-order valence-electron chi connectivity index (χ4n) is 2.18. The highest BCUT2D eigenvalue weighted by atomic mass is 16.8. The lowest BCUT2D eigenvalue weighted by atomic mass is 9.86. The minimum Gasteiger partial charge on any atom is -0.433 e. The van der Waals surface area contributed by atoms with Gasteiger partial charge in [-0.2, -0.15) is 0 Å². The molecule has 4 heteroatoms. The molecule has 1 heterocycles. The van der Waals surface area contributed by atoms with Crippen molar-refractivity contribution in [2.75, 3.05) is 0 Å². The molecule has 2 rings (SSSR count). The van der Waals surface area contributed by atoms with Crippen LogP contribution >= 0.6 is 0 Å². The molecule has 1 saturated heterocycles. The molecular formula is C14H18O4. The van der Waals surface area contributed by atoms with E-state index < -0.39 is 17.9 Å². The molecule has 1 aliphatic heterocycles. The molecular weight excluding hydrogens is 232 g/mol. The van der Waals surface area contributed by atoms with Crippen molar-refractivity contribution in [2.45, 2.75) is 39.1 Å². The first-order valence-corrected chi connectivity index (χ1v) is 6.03. The summed E-state index contributed by atoms with van der Waals surface area (Å²) < 4.78 is 11.1. The van der Waals surface area contributed by atoms with Gasteiger partial charge in [-0.05, 0) is 12.2 Å². The van der Waals surface area contributed by atoms with Crippen LogP contribution < -0.4 is 0 Å². The van der Waals surface area contributed by atoms with Gasteiger partial charge in [0.25, 0.3) is 0 Å². The van der Waals surface area contributed by atoms with E-state index in [4.69, 9.17) is 9.47 Å². The van der Waals surface area contributed by atoms with Crippen molar-refractivity contribution in [1.82, 2.24) is 0 Å². The van der Waals surface area contributed by atoms with Crippen molar-refractivity contribution in [3.63, 3.8) is 0 Å². The zero-order valence-electron chi connectivity index (χ0n) is 10.9. The average Bonchev–Trinajstić information content (AvgIpc) is 2.82. The molecule has 3 unspecified atom stereocenters. The second-order valence-corrected chi connectivity index (χ2v) is 5.85. The summed E-state index contributed by atoms with van der Waals surface area (Å²) in [6.07, 6.45) is 4.28. The second-order valence-electron chi connectivity index (χ2n) is 5.85. The molecule has 0 aromatic heterocycles. The number of rotatable bonds is 2. The van der Waals surface area contributed by atoms with Crippen molar-refractivity contribution in [3.05, 3.63) is 24.8 Å². The monoisotopic (exact) mass is 250 g/mol. The first-order valence-electron chi connectivity index (χ1n) is 6.03. The molecule has 4 nitrogen and oxygen atoms in total.